The lowest BCUT2D eigenvalue weighted by Gasteiger charge is -2.11. The molecule has 1 aliphatic heterocycles. The molecule has 0 radical (unpaired) electrons. The predicted octanol–water partition coefficient (Wildman–Crippen LogP) is 2.34. The Bertz CT molecular complexity index is 1080. The van der Waals surface area contributed by atoms with Crippen molar-refractivity contribution in [1.29, 1.82) is 5.26 Å². The van der Waals surface area contributed by atoms with Gasteiger partial charge in [-0.2, -0.15) is 10.4 Å². The first-order chi connectivity index (χ1) is 13.1. The fourth-order valence-corrected chi connectivity index (χ4v) is 3.18. The lowest BCUT2D eigenvalue weighted by atomic mass is 10.1. The van der Waals surface area contributed by atoms with Crippen LogP contribution in [-0.2, 0) is 13.1 Å². The zero-order valence-corrected chi connectivity index (χ0v) is 14.9. The summed E-state index contributed by atoms with van der Waals surface area (Å²) in [5, 5.41) is 12.9. The molecule has 0 atom stereocenters. The van der Waals surface area contributed by atoms with Gasteiger partial charge in [-0.1, -0.05) is 0 Å². The molecule has 3 aromatic rings. The predicted molar refractivity (Wildman–Crippen MR) is 97.1 cm³/mol. The number of carbonyl (C=O) groups is 1. The molecule has 0 N–H and O–H groups in total. The molecule has 0 bridgehead atoms. The Kier molecular flexibility index (Phi) is 4.05. The maximum Gasteiger partial charge on any atom is 0.260 e. The van der Waals surface area contributed by atoms with Gasteiger partial charge in [-0.25, -0.2) is 0 Å². The largest absolute Gasteiger partial charge is 0.495 e. The second kappa shape index (κ2) is 6.53. The highest BCUT2D eigenvalue weighted by Crippen LogP contribution is 2.32. The van der Waals surface area contributed by atoms with Crippen molar-refractivity contribution in [3.63, 3.8) is 0 Å². The van der Waals surface area contributed by atoms with Crippen LogP contribution in [0.4, 0.5) is 5.69 Å². The SMILES string of the molecule is COc1cncc(-c2cc(C)c3c(n2)CN(c2cnn(CC#N)c2)C3=O)c1. The molecule has 0 saturated heterocycles. The number of pyridine rings is 2. The van der Waals surface area contributed by atoms with Crippen LogP contribution in [0.2, 0.25) is 0 Å². The van der Waals surface area contributed by atoms with Crippen LogP contribution < -0.4 is 9.64 Å². The fraction of sp³-hybridized carbons (Fsp3) is 0.211. The van der Waals surface area contributed by atoms with Gasteiger partial charge in [0.15, 0.2) is 0 Å². The Labute approximate surface area is 155 Å². The van der Waals surface area contributed by atoms with Gasteiger partial charge in [-0.15, -0.1) is 0 Å². The number of anilines is 1. The quantitative estimate of drug-likeness (QED) is 0.708. The molecule has 0 aromatic carbocycles. The van der Waals surface area contributed by atoms with E-state index in [-0.39, 0.29) is 12.5 Å². The molecule has 0 saturated carbocycles. The van der Waals surface area contributed by atoms with E-state index >= 15 is 0 Å². The number of rotatable bonds is 4. The van der Waals surface area contributed by atoms with Crippen LogP contribution in [0.15, 0.2) is 36.9 Å². The molecule has 27 heavy (non-hydrogen) atoms. The summed E-state index contributed by atoms with van der Waals surface area (Å²) in [6, 6.07) is 5.78. The number of nitrogens with zero attached hydrogens (tertiary/aromatic N) is 6. The van der Waals surface area contributed by atoms with E-state index in [4.69, 9.17) is 15.0 Å². The van der Waals surface area contributed by atoms with Gasteiger partial charge in [-0.3, -0.25) is 24.3 Å². The summed E-state index contributed by atoms with van der Waals surface area (Å²) < 4.78 is 6.73. The number of nitriles is 1. The zero-order valence-electron chi connectivity index (χ0n) is 14.9. The number of carbonyl (C=O) groups excluding carboxylic acids is 1. The van der Waals surface area contributed by atoms with Crippen LogP contribution in [0.5, 0.6) is 5.75 Å². The third-order valence-corrected chi connectivity index (χ3v) is 4.47. The summed E-state index contributed by atoms with van der Waals surface area (Å²) >= 11 is 0. The van der Waals surface area contributed by atoms with Gasteiger partial charge in [0.05, 0.1) is 54.8 Å². The van der Waals surface area contributed by atoms with Gasteiger partial charge in [0, 0.05) is 18.0 Å². The molecule has 134 valence electrons. The molecule has 4 rings (SSSR count). The van der Waals surface area contributed by atoms with Crippen molar-refractivity contribution in [1.82, 2.24) is 19.7 Å². The smallest absolute Gasteiger partial charge is 0.260 e. The van der Waals surface area contributed by atoms with E-state index in [1.165, 1.54) is 4.68 Å². The van der Waals surface area contributed by atoms with Crippen LogP contribution in [0.3, 0.4) is 0 Å². The number of ether oxygens (including phenoxy) is 1. The van der Waals surface area contributed by atoms with Crippen molar-refractivity contribution < 1.29 is 9.53 Å². The van der Waals surface area contributed by atoms with Gasteiger partial charge in [-0.05, 0) is 24.6 Å². The molecule has 1 amide bonds. The van der Waals surface area contributed by atoms with E-state index in [0.717, 1.165) is 16.8 Å². The maximum absolute atomic E-state index is 12.9. The second-order valence-electron chi connectivity index (χ2n) is 6.21. The standard InChI is InChI=1S/C19H16N6O2/c1-12-5-16(13-6-15(27-2)9-21-7-13)23-17-11-25(19(26)18(12)17)14-8-22-24(10-14)4-3-20/h5-10H,4,11H2,1-2H3. The topological polar surface area (TPSA) is 96.9 Å². The highest BCUT2D eigenvalue weighted by atomic mass is 16.5. The number of methoxy groups -OCH3 is 1. The summed E-state index contributed by atoms with van der Waals surface area (Å²) in [4.78, 5) is 23.4. The molecular weight excluding hydrogens is 344 g/mol. The van der Waals surface area contributed by atoms with Gasteiger partial charge in [0.2, 0.25) is 0 Å². The number of hydrogen-bond acceptors (Lipinski definition) is 6. The lowest BCUT2D eigenvalue weighted by Crippen LogP contribution is -2.22. The summed E-state index contributed by atoms with van der Waals surface area (Å²) in [7, 11) is 1.59. The highest BCUT2D eigenvalue weighted by molar-refractivity contribution is 6.10. The maximum atomic E-state index is 12.9. The van der Waals surface area contributed by atoms with E-state index in [1.807, 2.05) is 25.1 Å². The molecule has 4 heterocycles. The summed E-state index contributed by atoms with van der Waals surface area (Å²) in [6.45, 7) is 2.40. The fourth-order valence-electron chi connectivity index (χ4n) is 3.18. The minimum atomic E-state index is -0.109. The van der Waals surface area contributed by atoms with Gasteiger partial charge in [0.25, 0.3) is 5.91 Å². The first-order valence-corrected chi connectivity index (χ1v) is 8.32. The van der Waals surface area contributed by atoms with Crippen molar-refractivity contribution in [2.45, 2.75) is 20.0 Å². The molecule has 8 nitrogen and oxygen atoms in total. The van der Waals surface area contributed by atoms with Crippen LogP contribution in [0, 0.1) is 18.3 Å². The molecule has 0 aliphatic carbocycles. The summed E-state index contributed by atoms with van der Waals surface area (Å²) in [5.74, 6) is 0.539. The van der Waals surface area contributed by atoms with Crippen molar-refractivity contribution in [3.8, 4) is 23.1 Å². The highest BCUT2D eigenvalue weighted by Gasteiger charge is 2.32. The van der Waals surface area contributed by atoms with Crippen molar-refractivity contribution in [2.24, 2.45) is 0 Å². The number of aromatic nitrogens is 4. The molecule has 0 spiro atoms. The number of fused-ring (bicyclic) bond motifs is 1. The van der Waals surface area contributed by atoms with Crippen molar-refractivity contribution in [2.75, 3.05) is 12.0 Å². The molecule has 8 heteroatoms. The van der Waals surface area contributed by atoms with Gasteiger partial charge in [0.1, 0.15) is 12.3 Å². The molecular formula is C19H16N6O2. The lowest BCUT2D eigenvalue weighted by molar-refractivity contribution is 0.0996. The summed E-state index contributed by atoms with van der Waals surface area (Å²) in [6.07, 6.45) is 6.63. The minimum Gasteiger partial charge on any atom is -0.495 e. The number of amides is 1. The first-order valence-electron chi connectivity index (χ1n) is 8.32. The van der Waals surface area contributed by atoms with Crippen molar-refractivity contribution >= 4 is 11.6 Å². The Morgan fingerprint density at radius 2 is 2.15 bits per heavy atom. The average Bonchev–Trinajstić information content (AvgIpc) is 3.26. The average molecular weight is 360 g/mol. The Hall–Kier alpha value is -3.73. The van der Waals surface area contributed by atoms with Crippen LogP contribution >= 0.6 is 0 Å². The molecule has 0 unspecified atom stereocenters. The second-order valence-corrected chi connectivity index (χ2v) is 6.21. The monoisotopic (exact) mass is 360 g/mol. The van der Waals surface area contributed by atoms with E-state index in [9.17, 15) is 4.79 Å². The Balaban J connectivity index is 1.70. The number of hydrogen-bond donors (Lipinski definition) is 0. The third-order valence-electron chi connectivity index (χ3n) is 4.47. The Morgan fingerprint density at radius 1 is 1.30 bits per heavy atom. The van der Waals surface area contributed by atoms with E-state index in [0.29, 0.717) is 29.2 Å². The summed E-state index contributed by atoms with van der Waals surface area (Å²) in [5.41, 5.74) is 4.40. The normalized spacial score (nSPS) is 12.8. The zero-order chi connectivity index (χ0) is 19.0. The van der Waals surface area contributed by atoms with Crippen LogP contribution in [-0.4, -0.2) is 32.8 Å². The van der Waals surface area contributed by atoms with Crippen molar-refractivity contribution in [3.05, 3.63) is 53.7 Å². The van der Waals surface area contributed by atoms with Crippen LogP contribution in [0.1, 0.15) is 21.6 Å². The van der Waals surface area contributed by atoms with E-state index < -0.39 is 0 Å². The molecule has 0 fully saturated rings. The minimum absolute atomic E-state index is 0.109. The number of aryl methyl sites for hydroxylation is 1. The van der Waals surface area contributed by atoms with E-state index in [1.54, 1.807) is 36.8 Å². The first kappa shape index (κ1) is 16.7. The van der Waals surface area contributed by atoms with Crippen LogP contribution in [0.25, 0.3) is 11.3 Å². The Morgan fingerprint density at radius 3 is 2.93 bits per heavy atom. The van der Waals surface area contributed by atoms with E-state index in [2.05, 4.69) is 10.1 Å². The molecule has 3 aromatic heterocycles. The third kappa shape index (κ3) is 2.89. The van der Waals surface area contributed by atoms with Gasteiger partial charge >= 0.3 is 0 Å². The molecule has 1 aliphatic rings. The van der Waals surface area contributed by atoms with Gasteiger partial charge < -0.3 is 4.74 Å².